The average molecular weight is 258 g/mol. The molecule has 0 radical (unpaired) electrons. The fourth-order valence-corrected chi connectivity index (χ4v) is 2.10. The van der Waals surface area contributed by atoms with Crippen LogP contribution < -0.4 is 4.74 Å². The van der Waals surface area contributed by atoms with Crippen LogP contribution in [-0.4, -0.2) is 22.7 Å². The summed E-state index contributed by atoms with van der Waals surface area (Å²) in [5.74, 6) is 0.598. The predicted molar refractivity (Wildman–Crippen MR) is 74.6 cm³/mol. The van der Waals surface area contributed by atoms with Crippen LogP contribution in [0.25, 0.3) is 11.3 Å². The Hall–Kier alpha value is -2.10. The van der Waals surface area contributed by atoms with E-state index in [0.717, 1.165) is 11.3 Å². The number of hydrogen-bond donors (Lipinski definition) is 0. The summed E-state index contributed by atoms with van der Waals surface area (Å²) in [5, 5.41) is 4.31. The second-order valence-corrected chi connectivity index (χ2v) is 4.73. The smallest absolute Gasteiger partial charge is 0.163 e. The number of nitrogens with zero attached hydrogens (tertiary/aromatic N) is 2. The van der Waals surface area contributed by atoms with Gasteiger partial charge in [-0.3, -0.25) is 9.48 Å². The number of benzene rings is 1. The van der Waals surface area contributed by atoms with E-state index in [2.05, 4.69) is 18.9 Å². The molecule has 19 heavy (non-hydrogen) atoms. The summed E-state index contributed by atoms with van der Waals surface area (Å²) in [5.41, 5.74) is 2.56. The normalized spacial score (nSPS) is 10.8. The molecule has 0 aliphatic rings. The van der Waals surface area contributed by atoms with Crippen molar-refractivity contribution in [3.8, 4) is 17.0 Å². The summed E-state index contributed by atoms with van der Waals surface area (Å²) in [6, 6.07) is 7.85. The summed E-state index contributed by atoms with van der Waals surface area (Å²) < 4.78 is 7.15. The van der Waals surface area contributed by atoms with Crippen molar-refractivity contribution in [2.75, 3.05) is 7.11 Å². The molecule has 0 aliphatic heterocycles. The lowest BCUT2D eigenvalue weighted by Crippen LogP contribution is -2.05. The lowest BCUT2D eigenvalue weighted by atomic mass is 10.0. The first kappa shape index (κ1) is 13.3. The highest BCUT2D eigenvalue weighted by Gasteiger charge is 2.13. The molecule has 100 valence electrons. The van der Waals surface area contributed by atoms with Crippen LogP contribution in [0.5, 0.6) is 5.75 Å². The van der Waals surface area contributed by atoms with E-state index in [-0.39, 0.29) is 11.8 Å². The van der Waals surface area contributed by atoms with Crippen molar-refractivity contribution in [3.63, 3.8) is 0 Å². The number of ether oxygens (including phenoxy) is 1. The molecule has 0 aliphatic carbocycles. The lowest BCUT2D eigenvalue weighted by Gasteiger charge is -2.13. The zero-order chi connectivity index (χ0) is 14.0. The maximum atomic E-state index is 11.7. The van der Waals surface area contributed by atoms with Crippen LogP contribution >= 0.6 is 0 Å². The molecule has 2 rings (SSSR count). The average Bonchev–Trinajstić information content (AvgIpc) is 2.87. The zero-order valence-corrected chi connectivity index (χ0v) is 11.7. The van der Waals surface area contributed by atoms with E-state index in [9.17, 15) is 4.79 Å². The van der Waals surface area contributed by atoms with Crippen LogP contribution in [0.15, 0.2) is 30.5 Å². The molecule has 1 aromatic carbocycles. The molecule has 4 nitrogen and oxygen atoms in total. The molecule has 0 N–H and O–H groups in total. The largest absolute Gasteiger partial charge is 0.496 e. The van der Waals surface area contributed by atoms with Crippen molar-refractivity contribution >= 4 is 5.78 Å². The molecular weight excluding hydrogens is 240 g/mol. The van der Waals surface area contributed by atoms with Crippen molar-refractivity contribution in [3.05, 3.63) is 36.0 Å². The van der Waals surface area contributed by atoms with Gasteiger partial charge < -0.3 is 4.74 Å². The fourth-order valence-electron chi connectivity index (χ4n) is 2.10. The van der Waals surface area contributed by atoms with Gasteiger partial charge in [-0.05, 0) is 45.0 Å². The number of aromatic nitrogens is 2. The molecule has 1 aromatic heterocycles. The van der Waals surface area contributed by atoms with Gasteiger partial charge in [-0.2, -0.15) is 5.10 Å². The van der Waals surface area contributed by atoms with Crippen molar-refractivity contribution in [1.29, 1.82) is 0 Å². The van der Waals surface area contributed by atoms with E-state index in [1.807, 2.05) is 28.9 Å². The Bertz CT molecular complexity index is 600. The number of ketones is 1. The molecule has 0 amide bonds. The zero-order valence-electron chi connectivity index (χ0n) is 11.7. The monoisotopic (exact) mass is 258 g/mol. The Labute approximate surface area is 113 Å². The molecule has 4 heteroatoms. The lowest BCUT2D eigenvalue weighted by molar-refractivity contribution is 0.101. The second-order valence-electron chi connectivity index (χ2n) is 4.73. The SMILES string of the molecule is COc1ccc(-c2ccnn2C(C)C)cc1C(C)=O. The van der Waals surface area contributed by atoms with Crippen molar-refractivity contribution in [2.45, 2.75) is 26.8 Å². The molecule has 0 saturated carbocycles. The van der Waals surface area contributed by atoms with Gasteiger partial charge >= 0.3 is 0 Å². The highest BCUT2D eigenvalue weighted by atomic mass is 16.5. The molecule has 0 spiro atoms. The first-order chi connectivity index (χ1) is 9.04. The fraction of sp³-hybridized carbons (Fsp3) is 0.333. The molecule has 0 unspecified atom stereocenters. The van der Waals surface area contributed by atoms with Gasteiger partial charge in [0.2, 0.25) is 0 Å². The van der Waals surface area contributed by atoms with Crippen LogP contribution in [0.2, 0.25) is 0 Å². The van der Waals surface area contributed by atoms with Crippen LogP contribution in [0.3, 0.4) is 0 Å². The van der Waals surface area contributed by atoms with Gasteiger partial charge in [0.1, 0.15) is 5.75 Å². The minimum absolute atomic E-state index is 0.00527. The van der Waals surface area contributed by atoms with Crippen LogP contribution in [0.4, 0.5) is 0 Å². The van der Waals surface area contributed by atoms with Crippen molar-refractivity contribution in [2.24, 2.45) is 0 Å². The van der Waals surface area contributed by atoms with Gasteiger partial charge in [0.15, 0.2) is 5.78 Å². The van der Waals surface area contributed by atoms with Gasteiger partial charge in [-0.15, -0.1) is 0 Å². The van der Waals surface area contributed by atoms with E-state index >= 15 is 0 Å². The van der Waals surface area contributed by atoms with Crippen molar-refractivity contribution < 1.29 is 9.53 Å². The maximum Gasteiger partial charge on any atom is 0.163 e. The van der Waals surface area contributed by atoms with Gasteiger partial charge in [-0.1, -0.05) is 0 Å². The van der Waals surface area contributed by atoms with E-state index in [1.54, 1.807) is 20.2 Å². The molecule has 0 atom stereocenters. The molecular formula is C15H18N2O2. The topological polar surface area (TPSA) is 44.1 Å². The first-order valence-electron chi connectivity index (χ1n) is 6.27. The van der Waals surface area contributed by atoms with Gasteiger partial charge in [0.25, 0.3) is 0 Å². The molecule has 0 saturated heterocycles. The van der Waals surface area contributed by atoms with Gasteiger partial charge in [0.05, 0.1) is 18.4 Å². The Morgan fingerprint density at radius 2 is 2.05 bits per heavy atom. The van der Waals surface area contributed by atoms with Crippen LogP contribution in [-0.2, 0) is 0 Å². The second kappa shape index (κ2) is 5.26. The predicted octanol–water partition coefficient (Wildman–Crippen LogP) is 3.34. The Kier molecular flexibility index (Phi) is 3.69. The molecule has 0 bridgehead atoms. The number of carbonyl (C=O) groups is 1. The summed E-state index contributed by atoms with van der Waals surface area (Å²) in [7, 11) is 1.57. The third-order valence-corrected chi connectivity index (χ3v) is 3.03. The van der Waals surface area contributed by atoms with E-state index < -0.39 is 0 Å². The van der Waals surface area contributed by atoms with Crippen LogP contribution in [0, 0.1) is 0 Å². The third kappa shape index (κ3) is 2.52. The maximum absolute atomic E-state index is 11.7. The number of hydrogen-bond acceptors (Lipinski definition) is 3. The number of methoxy groups -OCH3 is 1. The van der Waals surface area contributed by atoms with E-state index in [0.29, 0.717) is 11.3 Å². The minimum atomic E-state index is -0.00527. The van der Waals surface area contributed by atoms with E-state index in [4.69, 9.17) is 4.74 Å². The quantitative estimate of drug-likeness (QED) is 0.790. The standard InChI is InChI=1S/C15H18N2O2/c1-10(2)17-14(7-8-16-17)12-5-6-15(19-4)13(9-12)11(3)18/h5-10H,1-4H3. The number of carbonyl (C=O) groups excluding carboxylic acids is 1. The van der Waals surface area contributed by atoms with Gasteiger partial charge in [0, 0.05) is 17.8 Å². The highest BCUT2D eigenvalue weighted by molar-refractivity contribution is 5.98. The molecule has 1 heterocycles. The first-order valence-corrected chi connectivity index (χ1v) is 6.27. The van der Waals surface area contributed by atoms with Crippen molar-refractivity contribution in [1.82, 2.24) is 9.78 Å². The third-order valence-electron chi connectivity index (χ3n) is 3.03. The Morgan fingerprint density at radius 3 is 2.63 bits per heavy atom. The van der Waals surface area contributed by atoms with Crippen LogP contribution in [0.1, 0.15) is 37.2 Å². The Balaban J connectivity index is 2.54. The minimum Gasteiger partial charge on any atom is -0.496 e. The number of Topliss-reactive ketones (excluding diaryl/α,β-unsaturated/α-hetero) is 1. The summed E-state index contributed by atoms with van der Waals surface area (Å²) in [6.07, 6.45) is 1.77. The summed E-state index contributed by atoms with van der Waals surface area (Å²) in [6.45, 7) is 5.69. The summed E-state index contributed by atoms with van der Waals surface area (Å²) >= 11 is 0. The molecule has 0 fully saturated rings. The van der Waals surface area contributed by atoms with Gasteiger partial charge in [-0.25, -0.2) is 0 Å². The molecule has 2 aromatic rings. The summed E-state index contributed by atoms with van der Waals surface area (Å²) in [4.78, 5) is 11.7. The van der Waals surface area contributed by atoms with E-state index in [1.165, 1.54) is 0 Å². The number of rotatable bonds is 4. The highest BCUT2D eigenvalue weighted by Crippen LogP contribution is 2.28. The Morgan fingerprint density at radius 1 is 1.32 bits per heavy atom.